The Labute approximate surface area is 90.9 Å². The highest BCUT2D eigenvalue weighted by molar-refractivity contribution is 5.83. The van der Waals surface area contributed by atoms with Gasteiger partial charge in [-0.15, -0.1) is 0 Å². The van der Waals surface area contributed by atoms with E-state index < -0.39 is 44.2 Å². The molecule has 3 nitrogen and oxygen atoms in total. The number of nitrogens with one attached hydrogen (secondary N) is 1. The van der Waals surface area contributed by atoms with Crippen LogP contribution < -0.4 is 5.32 Å². The standard InChI is InChI=1S/C7H8F7NO2/c8-4(9)7(13,14)5(16)15-1-2-17-3-6(10,11)12/h4H,1-3H2,(H,15,16). The molecule has 0 fully saturated rings. The van der Waals surface area contributed by atoms with Crippen LogP contribution in [0.25, 0.3) is 0 Å². The highest BCUT2D eigenvalue weighted by Crippen LogP contribution is 2.22. The molecule has 0 saturated heterocycles. The molecule has 0 aliphatic carbocycles. The molecule has 0 bridgehead atoms. The second kappa shape index (κ2) is 6.03. The third-order valence-corrected chi connectivity index (χ3v) is 1.37. The van der Waals surface area contributed by atoms with Crippen LogP contribution in [0.1, 0.15) is 0 Å². The highest BCUT2D eigenvalue weighted by Gasteiger charge is 2.48. The van der Waals surface area contributed by atoms with Crippen molar-refractivity contribution in [1.82, 2.24) is 5.32 Å². The third kappa shape index (κ3) is 6.29. The Bertz CT molecular complexity index is 253. The monoisotopic (exact) mass is 271 g/mol. The highest BCUT2D eigenvalue weighted by atomic mass is 19.4. The largest absolute Gasteiger partial charge is 0.411 e. The van der Waals surface area contributed by atoms with Gasteiger partial charge in [0.1, 0.15) is 6.61 Å². The molecule has 0 radical (unpaired) electrons. The molecule has 0 unspecified atom stereocenters. The van der Waals surface area contributed by atoms with Crippen LogP contribution in [-0.2, 0) is 9.53 Å². The molecule has 0 atom stereocenters. The lowest BCUT2D eigenvalue weighted by molar-refractivity contribution is -0.175. The van der Waals surface area contributed by atoms with Crippen molar-refractivity contribution in [2.45, 2.75) is 18.5 Å². The zero-order valence-corrected chi connectivity index (χ0v) is 8.16. The van der Waals surface area contributed by atoms with Crippen LogP contribution in [-0.4, -0.2) is 44.2 Å². The zero-order valence-electron chi connectivity index (χ0n) is 8.16. The lowest BCUT2D eigenvalue weighted by Crippen LogP contribution is -2.46. The van der Waals surface area contributed by atoms with Gasteiger partial charge in [0.25, 0.3) is 5.91 Å². The van der Waals surface area contributed by atoms with E-state index >= 15 is 0 Å². The quantitative estimate of drug-likeness (QED) is 0.588. The number of hydrogen-bond donors (Lipinski definition) is 1. The molecule has 0 aromatic rings. The van der Waals surface area contributed by atoms with Crippen molar-refractivity contribution in [2.75, 3.05) is 19.8 Å². The van der Waals surface area contributed by atoms with E-state index in [1.807, 2.05) is 0 Å². The van der Waals surface area contributed by atoms with Crippen molar-refractivity contribution in [2.24, 2.45) is 0 Å². The van der Waals surface area contributed by atoms with Crippen LogP contribution in [0.4, 0.5) is 30.7 Å². The van der Waals surface area contributed by atoms with Crippen molar-refractivity contribution < 1.29 is 40.3 Å². The van der Waals surface area contributed by atoms with Crippen molar-refractivity contribution in [3.8, 4) is 0 Å². The summed E-state index contributed by atoms with van der Waals surface area (Å²) in [5.41, 5.74) is 0. The Kier molecular flexibility index (Phi) is 5.66. The van der Waals surface area contributed by atoms with Crippen LogP contribution in [0.2, 0.25) is 0 Å². The second-order valence-corrected chi connectivity index (χ2v) is 2.85. The Morgan fingerprint density at radius 2 is 1.71 bits per heavy atom. The van der Waals surface area contributed by atoms with Crippen molar-refractivity contribution in [3.63, 3.8) is 0 Å². The molecule has 0 aliphatic heterocycles. The molecule has 0 spiro atoms. The first kappa shape index (κ1) is 15.9. The summed E-state index contributed by atoms with van der Waals surface area (Å²) < 4.78 is 86.2. The fraction of sp³-hybridized carbons (Fsp3) is 0.857. The Morgan fingerprint density at radius 3 is 2.12 bits per heavy atom. The van der Waals surface area contributed by atoms with Crippen LogP contribution in [0.5, 0.6) is 0 Å². The lowest BCUT2D eigenvalue weighted by Gasteiger charge is -2.14. The van der Waals surface area contributed by atoms with E-state index in [1.54, 1.807) is 0 Å². The third-order valence-electron chi connectivity index (χ3n) is 1.37. The van der Waals surface area contributed by atoms with Gasteiger partial charge in [-0.3, -0.25) is 4.79 Å². The van der Waals surface area contributed by atoms with Gasteiger partial charge in [-0.25, -0.2) is 8.78 Å². The van der Waals surface area contributed by atoms with Gasteiger partial charge >= 0.3 is 18.5 Å². The van der Waals surface area contributed by atoms with Gasteiger partial charge in [0.2, 0.25) is 0 Å². The summed E-state index contributed by atoms with van der Waals surface area (Å²) in [6.07, 6.45) is -8.77. The summed E-state index contributed by atoms with van der Waals surface area (Å²) in [7, 11) is 0. The maximum Gasteiger partial charge on any atom is 0.411 e. The van der Waals surface area contributed by atoms with Gasteiger partial charge in [-0.2, -0.15) is 22.0 Å². The van der Waals surface area contributed by atoms with Gasteiger partial charge in [0.15, 0.2) is 0 Å². The first-order valence-electron chi connectivity index (χ1n) is 4.16. The van der Waals surface area contributed by atoms with Crippen LogP contribution in [0.15, 0.2) is 0 Å². The molecule has 17 heavy (non-hydrogen) atoms. The SMILES string of the molecule is O=C(NCCOCC(F)(F)F)C(F)(F)C(F)F. The Morgan fingerprint density at radius 1 is 1.18 bits per heavy atom. The maximum atomic E-state index is 12.3. The molecule has 1 N–H and O–H groups in total. The number of amides is 1. The van der Waals surface area contributed by atoms with Crippen LogP contribution in [0, 0.1) is 0 Å². The normalized spacial score (nSPS) is 12.9. The molecule has 1 amide bonds. The van der Waals surface area contributed by atoms with Gasteiger partial charge in [-0.05, 0) is 0 Å². The smallest absolute Gasteiger partial charge is 0.370 e. The topological polar surface area (TPSA) is 38.3 Å². The fourth-order valence-electron chi connectivity index (χ4n) is 0.642. The average Bonchev–Trinajstić information content (AvgIpc) is 2.14. The fourth-order valence-corrected chi connectivity index (χ4v) is 0.642. The number of rotatable bonds is 6. The van der Waals surface area contributed by atoms with Crippen LogP contribution in [0.3, 0.4) is 0 Å². The second-order valence-electron chi connectivity index (χ2n) is 2.85. The van der Waals surface area contributed by atoms with Gasteiger partial charge in [0.05, 0.1) is 6.61 Å². The minimum absolute atomic E-state index is 0.718. The molecule has 0 aromatic heterocycles. The van der Waals surface area contributed by atoms with E-state index in [1.165, 1.54) is 5.32 Å². The van der Waals surface area contributed by atoms with E-state index in [4.69, 9.17) is 0 Å². The lowest BCUT2D eigenvalue weighted by atomic mass is 10.3. The van der Waals surface area contributed by atoms with E-state index in [0.717, 1.165) is 0 Å². The molecule has 10 heteroatoms. The summed E-state index contributed by atoms with van der Waals surface area (Å²) in [5, 5.41) is 1.33. The van der Waals surface area contributed by atoms with Gasteiger partial charge in [-0.1, -0.05) is 0 Å². The number of carbonyl (C=O) groups is 1. The minimum Gasteiger partial charge on any atom is -0.370 e. The van der Waals surface area contributed by atoms with Gasteiger partial charge in [0, 0.05) is 6.54 Å². The van der Waals surface area contributed by atoms with Crippen LogP contribution >= 0.6 is 0 Å². The van der Waals surface area contributed by atoms with E-state index in [-0.39, 0.29) is 0 Å². The zero-order chi connectivity index (χ0) is 13.7. The molecule has 0 aliphatic rings. The Balaban J connectivity index is 3.80. The predicted octanol–water partition coefficient (Wildman–Crippen LogP) is 1.58. The minimum atomic E-state index is -4.87. The molecule has 0 rings (SSSR count). The van der Waals surface area contributed by atoms with E-state index in [0.29, 0.717) is 0 Å². The molecular formula is C7H8F7NO2. The number of carbonyl (C=O) groups excluding carboxylic acids is 1. The number of ether oxygens (including phenoxy) is 1. The van der Waals surface area contributed by atoms with Crippen molar-refractivity contribution in [3.05, 3.63) is 0 Å². The summed E-state index contributed by atoms with van der Waals surface area (Å²) in [4.78, 5) is 10.4. The van der Waals surface area contributed by atoms with Crippen molar-refractivity contribution >= 4 is 5.91 Å². The molecule has 0 aromatic carbocycles. The molecule has 0 heterocycles. The summed E-state index contributed by atoms with van der Waals surface area (Å²) in [6, 6.07) is 0. The molecule has 0 saturated carbocycles. The van der Waals surface area contributed by atoms with Crippen molar-refractivity contribution in [1.29, 1.82) is 0 Å². The van der Waals surface area contributed by atoms with E-state index in [9.17, 15) is 35.5 Å². The molecular weight excluding hydrogens is 263 g/mol. The number of alkyl halides is 7. The summed E-state index contributed by atoms with van der Waals surface area (Å²) in [6.45, 7) is -3.06. The summed E-state index contributed by atoms with van der Waals surface area (Å²) in [5.74, 6) is -7.13. The number of halogens is 7. The van der Waals surface area contributed by atoms with E-state index in [2.05, 4.69) is 4.74 Å². The summed E-state index contributed by atoms with van der Waals surface area (Å²) >= 11 is 0. The number of hydrogen-bond acceptors (Lipinski definition) is 2. The first-order valence-corrected chi connectivity index (χ1v) is 4.16. The average molecular weight is 271 g/mol. The Hall–Kier alpha value is -1.06. The predicted molar refractivity (Wildman–Crippen MR) is 40.8 cm³/mol. The van der Waals surface area contributed by atoms with Gasteiger partial charge < -0.3 is 10.1 Å². The molecule has 102 valence electrons. The first-order chi connectivity index (χ1) is 7.57. The maximum absolute atomic E-state index is 12.3.